The summed E-state index contributed by atoms with van der Waals surface area (Å²) in [7, 11) is 3.24. The van der Waals surface area contributed by atoms with Crippen molar-refractivity contribution in [2.75, 3.05) is 27.3 Å². The van der Waals surface area contributed by atoms with Crippen LogP contribution in [-0.4, -0.2) is 44.1 Å². The molecule has 1 aliphatic rings. The lowest BCUT2D eigenvalue weighted by Gasteiger charge is -2.25. The van der Waals surface area contributed by atoms with Crippen molar-refractivity contribution in [3.8, 4) is 11.5 Å². The number of carbonyl (C=O) groups is 2. The van der Waals surface area contributed by atoms with Crippen molar-refractivity contribution in [3.05, 3.63) is 47.9 Å². The molecule has 0 bridgehead atoms. The largest absolute Gasteiger partial charge is 0.497 e. The Bertz CT molecular complexity index is 806. The molecule has 0 aliphatic carbocycles. The lowest BCUT2D eigenvalue weighted by molar-refractivity contribution is -0.121. The fraction of sp³-hybridized carbons (Fsp3) is 0.400. The van der Waals surface area contributed by atoms with Crippen LogP contribution in [-0.2, 0) is 11.3 Å². The molecule has 2 heterocycles. The standard InChI is InChI=1S/C20H25N3O5/c1-26-14-7-8-18(27-2)16(11-14)17-6-3-9-23(17)13-19(24)22-20(25)21-12-15-5-4-10-28-15/h4-5,7-8,10-11,17H,3,6,9,12-13H2,1-2H3,(H2,21,22,24,25). The maximum Gasteiger partial charge on any atom is 0.321 e. The van der Waals surface area contributed by atoms with Crippen LogP contribution in [0.4, 0.5) is 4.79 Å². The minimum atomic E-state index is -0.545. The van der Waals surface area contributed by atoms with Crippen LogP contribution in [0.3, 0.4) is 0 Å². The van der Waals surface area contributed by atoms with Crippen molar-refractivity contribution in [1.29, 1.82) is 0 Å². The monoisotopic (exact) mass is 387 g/mol. The highest BCUT2D eigenvalue weighted by Crippen LogP contribution is 2.38. The molecule has 1 unspecified atom stereocenters. The maximum absolute atomic E-state index is 12.3. The number of likely N-dealkylation sites (tertiary alicyclic amines) is 1. The van der Waals surface area contributed by atoms with E-state index in [2.05, 4.69) is 10.6 Å². The Labute approximate surface area is 163 Å². The van der Waals surface area contributed by atoms with Gasteiger partial charge in [-0.2, -0.15) is 0 Å². The van der Waals surface area contributed by atoms with Crippen molar-refractivity contribution in [1.82, 2.24) is 15.5 Å². The minimum Gasteiger partial charge on any atom is -0.497 e. The molecule has 1 atom stereocenters. The SMILES string of the molecule is COc1ccc(OC)c(C2CCCN2CC(=O)NC(=O)NCc2ccco2)c1. The van der Waals surface area contributed by atoms with E-state index in [1.54, 1.807) is 26.4 Å². The Morgan fingerprint density at radius 2 is 2.11 bits per heavy atom. The smallest absolute Gasteiger partial charge is 0.321 e. The van der Waals surface area contributed by atoms with Gasteiger partial charge in [-0.25, -0.2) is 4.79 Å². The Morgan fingerprint density at radius 1 is 1.25 bits per heavy atom. The molecule has 8 nitrogen and oxygen atoms in total. The first kappa shape index (κ1) is 19.8. The molecule has 0 spiro atoms. The van der Waals surface area contributed by atoms with E-state index >= 15 is 0 Å². The van der Waals surface area contributed by atoms with Crippen LogP contribution in [0.25, 0.3) is 0 Å². The molecule has 1 aromatic carbocycles. The van der Waals surface area contributed by atoms with E-state index in [0.29, 0.717) is 5.76 Å². The van der Waals surface area contributed by atoms with Gasteiger partial charge in [0.2, 0.25) is 5.91 Å². The minimum absolute atomic E-state index is 0.0296. The van der Waals surface area contributed by atoms with Gasteiger partial charge in [0.05, 0.1) is 33.6 Å². The van der Waals surface area contributed by atoms with Crippen LogP contribution < -0.4 is 20.1 Å². The molecule has 2 N–H and O–H groups in total. The molecule has 0 radical (unpaired) electrons. The molecular weight excluding hydrogens is 362 g/mol. The number of nitrogens with zero attached hydrogens (tertiary/aromatic N) is 1. The second-order valence-corrected chi connectivity index (χ2v) is 6.55. The number of hydrogen-bond acceptors (Lipinski definition) is 6. The molecule has 1 fully saturated rings. The van der Waals surface area contributed by atoms with Crippen LogP contribution in [0, 0.1) is 0 Å². The number of rotatable bonds is 7. The van der Waals surface area contributed by atoms with Crippen molar-refractivity contribution in [2.45, 2.75) is 25.4 Å². The Kier molecular flexibility index (Phi) is 6.54. The van der Waals surface area contributed by atoms with Gasteiger partial charge in [-0.05, 0) is 49.7 Å². The molecule has 150 valence electrons. The molecule has 8 heteroatoms. The zero-order valence-corrected chi connectivity index (χ0v) is 16.1. The Balaban J connectivity index is 1.58. The second-order valence-electron chi connectivity index (χ2n) is 6.55. The third-order valence-electron chi connectivity index (χ3n) is 4.76. The number of furan rings is 1. The Hall–Kier alpha value is -3.00. The highest BCUT2D eigenvalue weighted by Gasteiger charge is 2.30. The van der Waals surface area contributed by atoms with E-state index in [1.807, 2.05) is 23.1 Å². The number of imide groups is 1. The average Bonchev–Trinajstić information content (AvgIpc) is 3.37. The number of nitrogens with one attached hydrogen (secondary N) is 2. The van der Waals surface area contributed by atoms with Crippen molar-refractivity contribution >= 4 is 11.9 Å². The summed E-state index contributed by atoms with van der Waals surface area (Å²) in [6.45, 7) is 1.12. The number of ether oxygens (including phenoxy) is 2. The van der Waals surface area contributed by atoms with Crippen molar-refractivity contribution < 1.29 is 23.5 Å². The summed E-state index contributed by atoms with van der Waals surface area (Å²) < 4.78 is 16.0. The molecule has 1 aliphatic heterocycles. The summed E-state index contributed by atoms with van der Waals surface area (Å²) in [6, 6.07) is 8.62. The molecule has 2 aromatic rings. The Morgan fingerprint density at radius 3 is 2.82 bits per heavy atom. The number of urea groups is 1. The van der Waals surface area contributed by atoms with Crippen LogP contribution >= 0.6 is 0 Å². The van der Waals surface area contributed by atoms with Gasteiger partial charge in [0.15, 0.2) is 0 Å². The quantitative estimate of drug-likeness (QED) is 0.758. The second kappa shape index (κ2) is 9.27. The predicted octanol–water partition coefficient (Wildman–Crippen LogP) is 2.46. The zero-order valence-electron chi connectivity index (χ0n) is 16.1. The van der Waals surface area contributed by atoms with Gasteiger partial charge in [-0.15, -0.1) is 0 Å². The van der Waals surface area contributed by atoms with Crippen LogP contribution in [0.2, 0.25) is 0 Å². The number of methoxy groups -OCH3 is 2. The third kappa shape index (κ3) is 4.83. The summed E-state index contributed by atoms with van der Waals surface area (Å²) in [6.07, 6.45) is 3.39. The van der Waals surface area contributed by atoms with Gasteiger partial charge in [0.1, 0.15) is 17.3 Å². The molecule has 28 heavy (non-hydrogen) atoms. The van der Waals surface area contributed by atoms with E-state index in [0.717, 1.165) is 36.4 Å². The zero-order chi connectivity index (χ0) is 19.9. The lowest BCUT2D eigenvalue weighted by atomic mass is 10.0. The maximum atomic E-state index is 12.3. The molecular formula is C20H25N3O5. The molecule has 0 saturated carbocycles. The van der Waals surface area contributed by atoms with Gasteiger partial charge >= 0.3 is 6.03 Å². The molecule has 1 saturated heterocycles. The number of hydrogen-bond donors (Lipinski definition) is 2. The van der Waals surface area contributed by atoms with E-state index < -0.39 is 6.03 Å². The first-order valence-corrected chi connectivity index (χ1v) is 9.16. The summed E-state index contributed by atoms with van der Waals surface area (Å²) >= 11 is 0. The highest BCUT2D eigenvalue weighted by molar-refractivity contribution is 5.95. The molecule has 3 amide bonds. The summed E-state index contributed by atoms with van der Waals surface area (Å²) in [5.74, 6) is 1.76. The molecule has 1 aromatic heterocycles. The van der Waals surface area contributed by atoms with E-state index in [9.17, 15) is 9.59 Å². The first-order valence-electron chi connectivity index (χ1n) is 9.16. The fourth-order valence-electron chi connectivity index (χ4n) is 3.44. The van der Waals surface area contributed by atoms with Crippen LogP contribution in [0.15, 0.2) is 41.0 Å². The van der Waals surface area contributed by atoms with Crippen molar-refractivity contribution in [2.24, 2.45) is 0 Å². The normalized spacial score (nSPS) is 16.6. The lowest BCUT2D eigenvalue weighted by Crippen LogP contribution is -2.44. The van der Waals surface area contributed by atoms with E-state index in [1.165, 1.54) is 6.26 Å². The van der Waals surface area contributed by atoms with Crippen LogP contribution in [0.1, 0.15) is 30.2 Å². The fourth-order valence-corrected chi connectivity index (χ4v) is 3.44. The third-order valence-corrected chi connectivity index (χ3v) is 4.76. The summed E-state index contributed by atoms with van der Waals surface area (Å²) in [5.41, 5.74) is 0.981. The van der Waals surface area contributed by atoms with Gasteiger partial charge in [0, 0.05) is 11.6 Å². The molecule has 3 rings (SSSR count). The first-order chi connectivity index (χ1) is 13.6. The van der Waals surface area contributed by atoms with Crippen molar-refractivity contribution in [3.63, 3.8) is 0 Å². The van der Waals surface area contributed by atoms with Gasteiger partial charge in [-0.3, -0.25) is 15.0 Å². The number of carbonyl (C=O) groups excluding carboxylic acids is 2. The summed E-state index contributed by atoms with van der Waals surface area (Å²) in [5, 5.41) is 4.96. The highest BCUT2D eigenvalue weighted by atomic mass is 16.5. The topological polar surface area (TPSA) is 93.0 Å². The van der Waals surface area contributed by atoms with Gasteiger partial charge in [-0.1, -0.05) is 0 Å². The van der Waals surface area contributed by atoms with E-state index in [4.69, 9.17) is 13.9 Å². The van der Waals surface area contributed by atoms with Crippen LogP contribution in [0.5, 0.6) is 11.5 Å². The summed E-state index contributed by atoms with van der Waals surface area (Å²) in [4.78, 5) is 26.3. The average molecular weight is 387 g/mol. The predicted molar refractivity (Wildman–Crippen MR) is 102 cm³/mol. The van der Waals surface area contributed by atoms with Gasteiger partial charge in [0.25, 0.3) is 0 Å². The number of amides is 3. The number of benzene rings is 1. The van der Waals surface area contributed by atoms with E-state index in [-0.39, 0.29) is 25.0 Å². The van der Waals surface area contributed by atoms with Gasteiger partial charge < -0.3 is 19.2 Å².